The van der Waals surface area contributed by atoms with Crippen LogP contribution in [0, 0.1) is 5.82 Å². The van der Waals surface area contributed by atoms with Crippen molar-refractivity contribution in [2.24, 2.45) is 0 Å². The highest BCUT2D eigenvalue weighted by molar-refractivity contribution is 7.90. The lowest BCUT2D eigenvalue weighted by molar-refractivity contribution is 0.119. The third kappa shape index (κ3) is 2.90. The maximum atomic E-state index is 12.7. The molecule has 2 fully saturated rings. The summed E-state index contributed by atoms with van der Waals surface area (Å²) in [4.78, 5) is 7.46. The van der Waals surface area contributed by atoms with Gasteiger partial charge in [-0.25, -0.2) is 22.8 Å². The molecular formula is C12H16FN3O3S. The third-order valence-electron chi connectivity index (χ3n) is 3.52. The van der Waals surface area contributed by atoms with Crippen molar-refractivity contribution in [2.75, 3.05) is 13.1 Å². The van der Waals surface area contributed by atoms with Gasteiger partial charge in [-0.3, -0.25) is 0 Å². The smallest absolute Gasteiger partial charge is 0.316 e. The Morgan fingerprint density at radius 2 is 1.95 bits per heavy atom. The van der Waals surface area contributed by atoms with Crippen molar-refractivity contribution < 1.29 is 17.5 Å². The Hall–Kier alpha value is -1.28. The fourth-order valence-electron chi connectivity index (χ4n) is 2.32. The van der Waals surface area contributed by atoms with Crippen LogP contribution in [-0.2, 0) is 10.0 Å². The van der Waals surface area contributed by atoms with E-state index in [4.69, 9.17) is 4.74 Å². The van der Waals surface area contributed by atoms with Crippen LogP contribution in [0.3, 0.4) is 0 Å². The number of sulfonamides is 1. The minimum atomic E-state index is -3.17. The predicted octanol–water partition coefficient (Wildman–Crippen LogP) is 0.951. The summed E-state index contributed by atoms with van der Waals surface area (Å²) < 4.78 is 44.1. The van der Waals surface area contributed by atoms with Crippen LogP contribution in [0.25, 0.3) is 0 Å². The van der Waals surface area contributed by atoms with E-state index in [0.717, 1.165) is 38.1 Å². The minimum absolute atomic E-state index is 0.0852. The second-order valence-electron chi connectivity index (χ2n) is 5.17. The van der Waals surface area contributed by atoms with Crippen LogP contribution < -0.4 is 4.74 Å². The molecule has 1 saturated heterocycles. The molecular weight excluding hydrogens is 285 g/mol. The van der Waals surface area contributed by atoms with E-state index in [1.807, 2.05) is 0 Å². The lowest BCUT2D eigenvalue weighted by atomic mass is 10.1. The highest BCUT2D eigenvalue weighted by atomic mass is 32.2. The molecule has 0 radical (unpaired) electrons. The minimum Gasteiger partial charge on any atom is -0.459 e. The van der Waals surface area contributed by atoms with Gasteiger partial charge in [0.05, 0.1) is 24.2 Å². The highest BCUT2D eigenvalue weighted by Gasteiger charge is 2.41. The van der Waals surface area contributed by atoms with Gasteiger partial charge in [0.25, 0.3) is 0 Å². The van der Waals surface area contributed by atoms with Gasteiger partial charge in [-0.05, 0) is 25.7 Å². The number of piperidine rings is 1. The number of halogens is 1. The Balaban J connectivity index is 1.64. The number of rotatable bonds is 4. The average molecular weight is 301 g/mol. The molecule has 1 aliphatic carbocycles. The van der Waals surface area contributed by atoms with Crippen molar-refractivity contribution in [1.82, 2.24) is 14.3 Å². The molecule has 1 atom stereocenters. The van der Waals surface area contributed by atoms with Gasteiger partial charge in [0.15, 0.2) is 5.82 Å². The van der Waals surface area contributed by atoms with E-state index in [0.29, 0.717) is 13.1 Å². The maximum absolute atomic E-state index is 12.7. The number of ether oxygens (including phenoxy) is 1. The normalized spacial score (nSPS) is 24.6. The Labute approximate surface area is 117 Å². The summed E-state index contributed by atoms with van der Waals surface area (Å²) >= 11 is 0. The molecule has 1 aromatic rings. The van der Waals surface area contributed by atoms with Crippen molar-refractivity contribution in [3.63, 3.8) is 0 Å². The molecule has 0 N–H and O–H groups in total. The van der Waals surface area contributed by atoms with Gasteiger partial charge in [-0.1, -0.05) is 0 Å². The Kier molecular flexibility index (Phi) is 3.59. The van der Waals surface area contributed by atoms with E-state index in [-0.39, 0.29) is 17.4 Å². The van der Waals surface area contributed by atoms with E-state index < -0.39 is 15.8 Å². The molecule has 0 amide bonds. The lowest BCUT2D eigenvalue weighted by Crippen LogP contribution is -2.45. The molecule has 1 unspecified atom stereocenters. The first kappa shape index (κ1) is 13.7. The van der Waals surface area contributed by atoms with E-state index in [2.05, 4.69) is 9.97 Å². The molecule has 1 aromatic heterocycles. The molecule has 0 aromatic carbocycles. The van der Waals surface area contributed by atoms with Crippen LogP contribution in [-0.4, -0.2) is 47.1 Å². The molecule has 2 heterocycles. The van der Waals surface area contributed by atoms with Crippen molar-refractivity contribution in [2.45, 2.75) is 37.0 Å². The van der Waals surface area contributed by atoms with Crippen LogP contribution in [0.2, 0.25) is 0 Å². The number of hydrogen-bond donors (Lipinski definition) is 0. The monoisotopic (exact) mass is 301 g/mol. The van der Waals surface area contributed by atoms with E-state index in [1.54, 1.807) is 0 Å². The Bertz CT molecular complexity index is 574. The molecule has 0 spiro atoms. The van der Waals surface area contributed by atoms with Crippen LogP contribution in [0.1, 0.15) is 25.7 Å². The van der Waals surface area contributed by atoms with Gasteiger partial charge >= 0.3 is 6.01 Å². The molecule has 20 heavy (non-hydrogen) atoms. The SMILES string of the molecule is O=S(=O)(C1CC1)N1CCCC(Oc2ncc(F)cn2)C1. The molecule has 0 bridgehead atoms. The molecule has 1 aliphatic heterocycles. The van der Waals surface area contributed by atoms with Gasteiger partial charge in [0.1, 0.15) is 6.10 Å². The largest absolute Gasteiger partial charge is 0.459 e. The highest BCUT2D eigenvalue weighted by Crippen LogP contribution is 2.32. The fourth-order valence-corrected chi connectivity index (χ4v) is 4.23. The van der Waals surface area contributed by atoms with Crippen LogP contribution in [0.4, 0.5) is 4.39 Å². The van der Waals surface area contributed by atoms with E-state index >= 15 is 0 Å². The molecule has 110 valence electrons. The average Bonchev–Trinajstić information content (AvgIpc) is 3.27. The first-order valence-electron chi connectivity index (χ1n) is 6.69. The van der Waals surface area contributed by atoms with Crippen LogP contribution in [0.15, 0.2) is 12.4 Å². The van der Waals surface area contributed by atoms with Gasteiger partial charge in [0.2, 0.25) is 10.0 Å². The topological polar surface area (TPSA) is 72.4 Å². The first-order chi connectivity index (χ1) is 9.55. The standard InChI is InChI=1S/C12H16FN3O3S/c13-9-6-14-12(15-7-9)19-10-2-1-5-16(8-10)20(17,18)11-3-4-11/h6-7,10-11H,1-5,8H2. The zero-order chi connectivity index (χ0) is 14.2. The number of hydrogen-bond acceptors (Lipinski definition) is 5. The fraction of sp³-hybridized carbons (Fsp3) is 0.667. The zero-order valence-electron chi connectivity index (χ0n) is 10.9. The summed E-state index contributed by atoms with van der Waals surface area (Å²) in [6.45, 7) is 0.864. The first-order valence-corrected chi connectivity index (χ1v) is 8.19. The molecule has 6 nitrogen and oxygen atoms in total. The second-order valence-corrected chi connectivity index (χ2v) is 7.38. The summed E-state index contributed by atoms with van der Waals surface area (Å²) in [5.41, 5.74) is 0. The van der Waals surface area contributed by atoms with Crippen molar-refractivity contribution in [1.29, 1.82) is 0 Å². The van der Waals surface area contributed by atoms with E-state index in [9.17, 15) is 12.8 Å². The molecule has 3 rings (SSSR count). The lowest BCUT2D eigenvalue weighted by Gasteiger charge is -2.31. The quantitative estimate of drug-likeness (QED) is 0.828. The van der Waals surface area contributed by atoms with Gasteiger partial charge in [0, 0.05) is 6.54 Å². The summed E-state index contributed by atoms with van der Waals surface area (Å²) in [7, 11) is -3.17. The van der Waals surface area contributed by atoms with Crippen molar-refractivity contribution >= 4 is 10.0 Å². The summed E-state index contributed by atoms with van der Waals surface area (Å²) in [6, 6.07) is 0.0852. The van der Waals surface area contributed by atoms with Crippen molar-refractivity contribution in [3.05, 3.63) is 18.2 Å². The van der Waals surface area contributed by atoms with Crippen molar-refractivity contribution in [3.8, 4) is 6.01 Å². The summed E-state index contributed by atoms with van der Waals surface area (Å²) in [5, 5.41) is -0.205. The number of aromatic nitrogens is 2. The van der Waals surface area contributed by atoms with Gasteiger partial charge < -0.3 is 4.74 Å². The Morgan fingerprint density at radius 3 is 2.60 bits per heavy atom. The summed E-state index contributed by atoms with van der Waals surface area (Å²) in [6.07, 6.45) is 4.79. The third-order valence-corrected chi connectivity index (χ3v) is 5.88. The molecule has 1 saturated carbocycles. The molecule has 8 heteroatoms. The molecule has 2 aliphatic rings. The maximum Gasteiger partial charge on any atom is 0.316 e. The zero-order valence-corrected chi connectivity index (χ0v) is 11.7. The summed E-state index contributed by atoms with van der Waals surface area (Å²) in [5.74, 6) is -0.529. The van der Waals surface area contributed by atoms with E-state index in [1.165, 1.54) is 4.31 Å². The van der Waals surface area contributed by atoms with Gasteiger partial charge in [-0.15, -0.1) is 0 Å². The second kappa shape index (κ2) is 5.25. The van der Waals surface area contributed by atoms with Crippen LogP contribution in [0.5, 0.6) is 6.01 Å². The number of nitrogens with zero attached hydrogens (tertiary/aromatic N) is 3. The van der Waals surface area contributed by atoms with Crippen LogP contribution >= 0.6 is 0 Å². The Morgan fingerprint density at radius 1 is 1.25 bits per heavy atom. The van der Waals surface area contributed by atoms with Gasteiger partial charge in [-0.2, -0.15) is 4.31 Å². The predicted molar refractivity (Wildman–Crippen MR) is 69.2 cm³/mol.